The Morgan fingerprint density at radius 2 is 2.12 bits per heavy atom. The summed E-state index contributed by atoms with van der Waals surface area (Å²) in [6.07, 6.45) is 1.64. The summed E-state index contributed by atoms with van der Waals surface area (Å²) < 4.78 is 18.3. The van der Waals surface area contributed by atoms with E-state index in [1.807, 2.05) is 0 Å². The van der Waals surface area contributed by atoms with Crippen LogP contribution >= 0.6 is 11.6 Å². The third-order valence-corrected chi connectivity index (χ3v) is 3.62. The van der Waals surface area contributed by atoms with E-state index < -0.39 is 6.10 Å². The zero-order chi connectivity index (χ0) is 12.3. The molecule has 1 heterocycles. The summed E-state index contributed by atoms with van der Waals surface area (Å²) in [7, 11) is 0. The smallest absolute Gasteiger partial charge is 0.123 e. The topological polar surface area (TPSA) is 29.5 Å². The Balaban J connectivity index is 2.01. The highest BCUT2D eigenvalue weighted by molar-refractivity contribution is 6.31. The van der Waals surface area contributed by atoms with E-state index in [0.29, 0.717) is 30.2 Å². The number of aliphatic hydroxyl groups excluding tert-OH is 1. The van der Waals surface area contributed by atoms with Gasteiger partial charge in [-0.25, -0.2) is 4.39 Å². The maximum absolute atomic E-state index is 13.1. The molecule has 0 spiro atoms. The molecule has 1 aromatic carbocycles. The molecule has 1 aromatic rings. The van der Waals surface area contributed by atoms with E-state index in [2.05, 4.69) is 0 Å². The fourth-order valence-electron chi connectivity index (χ4n) is 2.19. The van der Waals surface area contributed by atoms with Crippen molar-refractivity contribution in [2.75, 3.05) is 13.2 Å². The quantitative estimate of drug-likeness (QED) is 0.903. The molecule has 0 aromatic heterocycles. The molecular weight excluding hydrogens is 243 g/mol. The fraction of sp³-hybridized carbons (Fsp3) is 0.538. The lowest BCUT2D eigenvalue weighted by atomic mass is 9.90. The van der Waals surface area contributed by atoms with Gasteiger partial charge >= 0.3 is 0 Å². The Hall–Kier alpha value is -0.640. The van der Waals surface area contributed by atoms with Gasteiger partial charge in [0.05, 0.1) is 6.10 Å². The molecule has 1 aliphatic rings. The average Bonchev–Trinajstić information content (AvgIpc) is 2.35. The molecule has 1 aliphatic heterocycles. The molecule has 4 heteroatoms. The van der Waals surface area contributed by atoms with Crippen LogP contribution in [0.1, 0.15) is 18.4 Å². The lowest BCUT2D eigenvalue weighted by Gasteiger charge is -2.27. The third-order valence-electron chi connectivity index (χ3n) is 3.25. The zero-order valence-corrected chi connectivity index (χ0v) is 10.3. The van der Waals surface area contributed by atoms with Crippen LogP contribution < -0.4 is 0 Å². The predicted octanol–water partition coefficient (Wildman–Crippen LogP) is 2.81. The van der Waals surface area contributed by atoms with Crippen molar-refractivity contribution in [3.63, 3.8) is 0 Å². The van der Waals surface area contributed by atoms with E-state index >= 15 is 0 Å². The molecule has 0 radical (unpaired) electrons. The number of aliphatic hydroxyl groups is 1. The Labute approximate surface area is 105 Å². The van der Waals surface area contributed by atoms with Gasteiger partial charge in [0.1, 0.15) is 5.82 Å². The Kier molecular flexibility index (Phi) is 4.37. The van der Waals surface area contributed by atoms with Crippen molar-refractivity contribution in [3.8, 4) is 0 Å². The van der Waals surface area contributed by atoms with Gasteiger partial charge in [-0.2, -0.15) is 0 Å². The summed E-state index contributed by atoms with van der Waals surface area (Å²) in [5.74, 6) is -0.0911. The molecular formula is C13H16ClFO2. The summed E-state index contributed by atoms with van der Waals surface area (Å²) in [6.45, 7) is 1.39. The minimum atomic E-state index is -0.474. The second kappa shape index (κ2) is 5.80. The van der Waals surface area contributed by atoms with Crippen LogP contribution in [0.25, 0.3) is 0 Å². The SMILES string of the molecule is OC(Cc1cc(F)ccc1Cl)C1CCOCC1. The monoisotopic (exact) mass is 258 g/mol. The van der Waals surface area contributed by atoms with Crippen LogP contribution in [0.3, 0.4) is 0 Å². The minimum Gasteiger partial charge on any atom is -0.392 e. The second-order valence-electron chi connectivity index (χ2n) is 4.46. The molecule has 0 aliphatic carbocycles. The van der Waals surface area contributed by atoms with E-state index in [1.165, 1.54) is 18.2 Å². The molecule has 17 heavy (non-hydrogen) atoms. The third kappa shape index (κ3) is 3.41. The van der Waals surface area contributed by atoms with Crippen molar-refractivity contribution in [1.29, 1.82) is 0 Å². The van der Waals surface area contributed by atoms with E-state index in [4.69, 9.17) is 16.3 Å². The first-order valence-corrected chi connectivity index (χ1v) is 6.24. The molecule has 2 nitrogen and oxygen atoms in total. The number of halogens is 2. The standard InChI is InChI=1S/C13H16ClFO2/c14-12-2-1-11(15)7-10(12)8-13(16)9-3-5-17-6-4-9/h1-2,7,9,13,16H,3-6,8H2. The average molecular weight is 259 g/mol. The zero-order valence-electron chi connectivity index (χ0n) is 9.53. The van der Waals surface area contributed by atoms with E-state index in [-0.39, 0.29) is 11.7 Å². The fourth-order valence-corrected chi connectivity index (χ4v) is 2.39. The summed E-state index contributed by atoms with van der Waals surface area (Å²) >= 11 is 5.98. The molecule has 0 bridgehead atoms. The highest BCUT2D eigenvalue weighted by Crippen LogP contribution is 2.25. The van der Waals surface area contributed by atoms with Gasteiger partial charge in [-0.15, -0.1) is 0 Å². The number of hydrogen-bond acceptors (Lipinski definition) is 2. The molecule has 2 rings (SSSR count). The number of ether oxygens (including phenoxy) is 1. The van der Waals surface area contributed by atoms with Crippen LogP contribution in [-0.4, -0.2) is 24.4 Å². The maximum Gasteiger partial charge on any atom is 0.123 e. The van der Waals surface area contributed by atoms with Crippen LogP contribution in [0.2, 0.25) is 5.02 Å². The van der Waals surface area contributed by atoms with Crippen LogP contribution in [0, 0.1) is 11.7 Å². The molecule has 0 amide bonds. The van der Waals surface area contributed by atoms with E-state index in [0.717, 1.165) is 12.8 Å². The van der Waals surface area contributed by atoms with Crippen molar-refractivity contribution >= 4 is 11.6 Å². The van der Waals surface area contributed by atoms with Gasteiger partial charge < -0.3 is 9.84 Å². The molecule has 1 atom stereocenters. The lowest BCUT2D eigenvalue weighted by molar-refractivity contribution is 0.00838. The van der Waals surface area contributed by atoms with Gasteiger partial charge in [0.2, 0.25) is 0 Å². The molecule has 1 saturated heterocycles. The van der Waals surface area contributed by atoms with Gasteiger partial charge in [0.15, 0.2) is 0 Å². The Bertz CT molecular complexity index is 378. The largest absolute Gasteiger partial charge is 0.392 e. The van der Waals surface area contributed by atoms with Gasteiger partial charge in [-0.3, -0.25) is 0 Å². The van der Waals surface area contributed by atoms with Crippen LogP contribution in [0.5, 0.6) is 0 Å². The maximum atomic E-state index is 13.1. The highest BCUT2D eigenvalue weighted by Gasteiger charge is 2.23. The molecule has 1 unspecified atom stereocenters. The van der Waals surface area contributed by atoms with Crippen molar-refractivity contribution in [2.24, 2.45) is 5.92 Å². The summed E-state index contributed by atoms with van der Waals surface area (Å²) in [6, 6.07) is 4.25. The first-order valence-electron chi connectivity index (χ1n) is 5.86. The minimum absolute atomic E-state index is 0.225. The lowest BCUT2D eigenvalue weighted by Crippen LogP contribution is -2.29. The Morgan fingerprint density at radius 3 is 2.82 bits per heavy atom. The van der Waals surface area contributed by atoms with Crippen molar-refractivity contribution in [2.45, 2.75) is 25.4 Å². The summed E-state index contributed by atoms with van der Waals surface area (Å²) in [5, 5.41) is 10.6. The van der Waals surface area contributed by atoms with Gasteiger partial charge in [0, 0.05) is 24.7 Å². The number of benzene rings is 1. The molecule has 0 saturated carbocycles. The van der Waals surface area contributed by atoms with Gasteiger partial charge in [-0.05, 0) is 42.5 Å². The second-order valence-corrected chi connectivity index (χ2v) is 4.86. The van der Waals surface area contributed by atoms with Crippen molar-refractivity contribution in [3.05, 3.63) is 34.6 Å². The van der Waals surface area contributed by atoms with Gasteiger partial charge in [0.25, 0.3) is 0 Å². The van der Waals surface area contributed by atoms with Crippen LogP contribution in [-0.2, 0) is 11.2 Å². The van der Waals surface area contributed by atoms with E-state index in [9.17, 15) is 9.50 Å². The normalized spacial score (nSPS) is 19.2. The van der Waals surface area contributed by atoms with E-state index in [1.54, 1.807) is 0 Å². The number of hydrogen-bond donors (Lipinski definition) is 1. The van der Waals surface area contributed by atoms with Gasteiger partial charge in [-0.1, -0.05) is 11.6 Å². The van der Waals surface area contributed by atoms with Crippen molar-refractivity contribution < 1.29 is 14.2 Å². The van der Waals surface area contributed by atoms with Crippen LogP contribution in [0.15, 0.2) is 18.2 Å². The first-order chi connectivity index (χ1) is 8.16. The summed E-state index contributed by atoms with van der Waals surface area (Å²) in [4.78, 5) is 0. The number of rotatable bonds is 3. The van der Waals surface area contributed by atoms with Crippen LogP contribution in [0.4, 0.5) is 4.39 Å². The summed E-state index contributed by atoms with van der Waals surface area (Å²) in [5.41, 5.74) is 0.672. The van der Waals surface area contributed by atoms with Crippen molar-refractivity contribution in [1.82, 2.24) is 0 Å². The highest BCUT2D eigenvalue weighted by atomic mass is 35.5. The first kappa shape index (κ1) is 12.8. The molecule has 1 N–H and O–H groups in total. The molecule has 94 valence electrons. The molecule has 1 fully saturated rings. The Morgan fingerprint density at radius 1 is 1.41 bits per heavy atom. The predicted molar refractivity (Wildman–Crippen MR) is 64.7 cm³/mol.